The van der Waals surface area contributed by atoms with Gasteiger partial charge in [0.05, 0.1) is 5.41 Å². The highest BCUT2D eigenvalue weighted by Gasteiger charge is 2.34. The van der Waals surface area contributed by atoms with E-state index in [1.807, 2.05) is 0 Å². The van der Waals surface area contributed by atoms with Gasteiger partial charge in [-0.2, -0.15) is 0 Å². The molecule has 6 nitrogen and oxygen atoms in total. The van der Waals surface area contributed by atoms with Gasteiger partial charge in [-0.25, -0.2) is 4.39 Å². The van der Waals surface area contributed by atoms with E-state index in [1.165, 1.54) is 12.1 Å². The normalized spacial score (nSPS) is 19.8. The first-order valence-electron chi connectivity index (χ1n) is 10.9. The molecule has 2 aromatic rings. The highest BCUT2D eigenvalue weighted by Crippen LogP contribution is 2.32. The Morgan fingerprint density at radius 2 is 1.84 bits per heavy atom. The van der Waals surface area contributed by atoms with Gasteiger partial charge in [-0.15, -0.1) is 0 Å². The average Bonchev–Trinajstić information content (AvgIpc) is 2.77. The smallest absolute Gasteiger partial charge is 0.230 e. The van der Waals surface area contributed by atoms with Gasteiger partial charge in [0.2, 0.25) is 11.8 Å². The largest absolute Gasteiger partial charge is 0.354 e. The molecule has 8 heteroatoms. The fraction of sp³-hybridized carbons (Fsp3) is 0.458. The number of benzene rings is 1. The average molecular weight is 461 g/mol. The van der Waals surface area contributed by atoms with E-state index in [4.69, 9.17) is 17.3 Å². The zero-order valence-electron chi connectivity index (χ0n) is 18.4. The highest BCUT2D eigenvalue weighted by atomic mass is 35.5. The van der Waals surface area contributed by atoms with Crippen molar-refractivity contribution in [2.75, 3.05) is 11.9 Å². The van der Waals surface area contributed by atoms with Crippen molar-refractivity contribution in [3.8, 4) is 0 Å². The number of hydrogen-bond donors (Lipinski definition) is 3. The van der Waals surface area contributed by atoms with Crippen LogP contribution in [0.15, 0.2) is 42.7 Å². The molecule has 172 valence electrons. The molecule has 32 heavy (non-hydrogen) atoms. The number of nitrogens with two attached hydrogens (primary N) is 1. The Morgan fingerprint density at radius 1 is 1.19 bits per heavy atom. The summed E-state index contributed by atoms with van der Waals surface area (Å²) < 4.78 is 14.3. The molecular formula is C24H30ClFN4O2. The number of rotatable bonds is 7. The molecule has 1 aliphatic carbocycles. The molecule has 0 saturated heterocycles. The third-order valence-electron chi connectivity index (χ3n) is 6.37. The van der Waals surface area contributed by atoms with Crippen LogP contribution in [-0.2, 0) is 15.0 Å². The molecular weight excluding hydrogens is 431 g/mol. The molecule has 0 bridgehead atoms. The Hall–Kier alpha value is -2.51. The molecule has 1 saturated carbocycles. The highest BCUT2D eigenvalue weighted by molar-refractivity contribution is 6.30. The Kier molecular flexibility index (Phi) is 7.85. The van der Waals surface area contributed by atoms with E-state index in [9.17, 15) is 14.0 Å². The second-order valence-corrected chi connectivity index (χ2v) is 9.40. The maximum absolute atomic E-state index is 14.3. The summed E-state index contributed by atoms with van der Waals surface area (Å²) >= 11 is 5.82. The minimum absolute atomic E-state index is 0.0169. The number of halogens is 2. The van der Waals surface area contributed by atoms with Gasteiger partial charge < -0.3 is 16.4 Å². The van der Waals surface area contributed by atoms with Crippen molar-refractivity contribution in [1.29, 1.82) is 0 Å². The molecule has 1 heterocycles. The van der Waals surface area contributed by atoms with E-state index in [1.54, 1.807) is 44.4 Å². The topological polar surface area (TPSA) is 97.1 Å². The zero-order chi connectivity index (χ0) is 23.3. The van der Waals surface area contributed by atoms with Gasteiger partial charge in [-0.3, -0.25) is 14.6 Å². The van der Waals surface area contributed by atoms with E-state index in [0.717, 1.165) is 31.4 Å². The Bertz CT molecular complexity index is 946. The van der Waals surface area contributed by atoms with E-state index < -0.39 is 11.2 Å². The first-order valence-corrected chi connectivity index (χ1v) is 11.3. The van der Waals surface area contributed by atoms with Crippen LogP contribution in [0.4, 0.5) is 10.1 Å². The molecule has 1 atom stereocenters. The predicted molar refractivity (Wildman–Crippen MR) is 124 cm³/mol. The van der Waals surface area contributed by atoms with Gasteiger partial charge >= 0.3 is 0 Å². The van der Waals surface area contributed by atoms with Crippen LogP contribution in [0, 0.1) is 17.7 Å². The number of carbonyl (C=O) groups excluding carboxylic acids is 2. The monoisotopic (exact) mass is 460 g/mol. The minimum Gasteiger partial charge on any atom is -0.354 e. The molecule has 1 aromatic carbocycles. The number of amides is 2. The molecule has 1 unspecified atom stereocenters. The zero-order valence-corrected chi connectivity index (χ0v) is 19.2. The standard InChI is InChI=1S/C24H30ClFN4O2/c1-24(2,19-8-7-17(25)13-20(19)26)23(32)29-14-21(27)15-3-5-16(6-4-15)22(31)30-18-9-11-28-12-10-18/h7-13,15-16,21H,3-6,14,27H2,1-2H3,(H,29,32)(H,28,30,31). The lowest BCUT2D eigenvalue weighted by Gasteiger charge is -2.32. The maximum Gasteiger partial charge on any atom is 0.230 e. The second kappa shape index (κ2) is 10.4. The number of hydrogen-bond acceptors (Lipinski definition) is 4. The van der Waals surface area contributed by atoms with Gasteiger partial charge in [0.15, 0.2) is 0 Å². The van der Waals surface area contributed by atoms with Crippen LogP contribution in [0.1, 0.15) is 45.1 Å². The summed E-state index contributed by atoms with van der Waals surface area (Å²) in [5, 5.41) is 6.09. The number of pyridine rings is 1. The van der Waals surface area contributed by atoms with Gasteiger partial charge in [0, 0.05) is 47.2 Å². The lowest BCUT2D eigenvalue weighted by molar-refractivity contribution is -0.125. The second-order valence-electron chi connectivity index (χ2n) is 8.96. The molecule has 4 N–H and O–H groups in total. The van der Waals surface area contributed by atoms with Crippen molar-refractivity contribution in [2.24, 2.45) is 17.6 Å². The number of nitrogens with zero attached hydrogens (tertiary/aromatic N) is 1. The predicted octanol–water partition coefficient (Wildman–Crippen LogP) is 4.04. The fourth-order valence-electron chi connectivity index (χ4n) is 4.21. The van der Waals surface area contributed by atoms with Crippen LogP contribution in [0.2, 0.25) is 5.02 Å². The van der Waals surface area contributed by atoms with Crippen LogP contribution in [0.25, 0.3) is 0 Å². The molecule has 1 aromatic heterocycles. The van der Waals surface area contributed by atoms with E-state index in [0.29, 0.717) is 6.54 Å². The Labute approximate surface area is 193 Å². The quantitative estimate of drug-likeness (QED) is 0.580. The summed E-state index contributed by atoms with van der Waals surface area (Å²) in [6.07, 6.45) is 6.43. The maximum atomic E-state index is 14.3. The molecule has 0 radical (unpaired) electrons. The third kappa shape index (κ3) is 5.84. The summed E-state index contributed by atoms with van der Waals surface area (Å²) in [4.78, 5) is 29.2. The summed E-state index contributed by atoms with van der Waals surface area (Å²) in [6.45, 7) is 3.65. The SMILES string of the molecule is CC(C)(C(=O)NCC(N)C1CCC(C(=O)Nc2ccncc2)CC1)c1ccc(Cl)cc1F. The van der Waals surface area contributed by atoms with E-state index >= 15 is 0 Å². The number of aromatic nitrogens is 1. The number of carbonyl (C=O) groups is 2. The Balaban J connectivity index is 1.48. The molecule has 1 fully saturated rings. The van der Waals surface area contributed by atoms with Crippen LogP contribution >= 0.6 is 11.6 Å². The van der Waals surface area contributed by atoms with E-state index in [-0.39, 0.29) is 40.3 Å². The first kappa shape index (κ1) is 24.1. The first-order chi connectivity index (χ1) is 15.2. The summed E-state index contributed by atoms with van der Waals surface area (Å²) in [5.74, 6) is -0.614. The van der Waals surface area contributed by atoms with Crippen molar-refractivity contribution in [2.45, 2.75) is 51.0 Å². The van der Waals surface area contributed by atoms with Gasteiger partial charge in [-0.1, -0.05) is 17.7 Å². The van der Waals surface area contributed by atoms with Crippen molar-refractivity contribution in [1.82, 2.24) is 10.3 Å². The summed E-state index contributed by atoms with van der Waals surface area (Å²) in [6, 6.07) is 7.62. The van der Waals surface area contributed by atoms with Crippen LogP contribution in [0.5, 0.6) is 0 Å². The van der Waals surface area contributed by atoms with Crippen LogP contribution in [-0.4, -0.2) is 29.4 Å². The van der Waals surface area contributed by atoms with Gasteiger partial charge in [0.25, 0.3) is 0 Å². The van der Waals surface area contributed by atoms with Gasteiger partial charge in [0.1, 0.15) is 5.82 Å². The van der Waals surface area contributed by atoms with Crippen molar-refractivity contribution < 1.29 is 14.0 Å². The number of nitrogens with one attached hydrogen (secondary N) is 2. The molecule has 3 rings (SSSR count). The third-order valence-corrected chi connectivity index (χ3v) is 6.60. The molecule has 2 amide bonds. The van der Waals surface area contributed by atoms with Gasteiger partial charge in [-0.05, 0) is 69.7 Å². The van der Waals surface area contributed by atoms with E-state index in [2.05, 4.69) is 15.6 Å². The summed E-state index contributed by atoms with van der Waals surface area (Å²) in [5.41, 5.74) is 6.33. The molecule has 0 spiro atoms. The van der Waals surface area contributed by atoms with Crippen molar-refractivity contribution in [3.05, 3.63) is 59.1 Å². The lowest BCUT2D eigenvalue weighted by Crippen LogP contribution is -2.48. The Morgan fingerprint density at radius 3 is 2.47 bits per heavy atom. The summed E-state index contributed by atoms with van der Waals surface area (Å²) in [7, 11) is 0. The van der Waals surface area contributed by atoms with Crippen molar-refractivity contribution in [3.63, 3.8) is 0 Å². The number of anilines is 1. The molecule has 1 aliphatic rings. The van der Waals surface area contributed by atoms with Crippen molar-refractivity contribution >= 4 is 29.1 Å². The molecule has 0 aliphatic heterocycles. The van der Waals surface area contributed by atoms with Crippen LogP contribution < -0.4 is 16.4 Å². The fourth-order valence-corrected chi connectivity index (χ4v) is 4.36. The minimum atomic E-state index is -1.06. The lowest BCUT2D eigenvalue weighted by atomic mass is 9.78. The van der Waals surface area contributed by atoms with Crippen LogP contribution in [0.3, 0.4) is 0 Å².